The number of nitrogens with zero attached hydrogens (tertiary/aromatic N) is 1. The van der Waals surface area contributed by atoms with E-state index in [2.05, 4.69) is 19.2 Å². The Morgan fingerprint density at radius 2 is 2.04 bits per heavy atom. The lowest BCUT2D eigenvalue weighted by Crippen LogP contribution is -2.39. The number of fused-ring (bicyclic) bond motifs is 1. The van der Waals surface area contributed by atoms with Crippen LogP contribution in [0.5, 0.6) is 0 Å². The summed E-state index contributed by atoms with van der Waals surface area (Å²) in [5, 5.41) is 3.97. The van der Waals surface area contributed by atoms with Gasteiger partial charge in [0.05, 0.1) is 6.04 Å². The number of carbonyl (C=O) groups is 1. The molecular weight excluding hydrogens is 304 g/mol. The van der Waals surface area contributed by atoms with E-state index >= 15 is 0 Å². The molecule has 2 aromatic rings. The summed E-state index contributed by atoms with van der Waals surface area (Å²) in [6, 6.07) is 9.61. The van der Waals surface area contributed by atoms with Crippen LogP contribution in [-0.2, 0) is 4.74 Å². The van der Waals surface area contributed by atoms with Crippen molar-refractivity contribution in [2.75, 3.05) is 26.8 Å². The highest BCUT2D eigenvalue weighted by Crippen LogP contribution is 2.26. The van der Waals surface area contributed by atoms with E-state index < -0.39 is 0 Å². The number of hydrogen-bond acceptors (Lipinski definition) is 3. The Hall–Kier alpha value is -2.01. The van der Waals surface area contributed by atoms with Gasteiger partial charge in [0, 0.05) is 32.2 Å². The summed E-state index contributed by atoms with van der Waals surface area (Å²) in [6.45, 7) is 8.24. The lowest BCUT2D eigenvalue weighted by Gasteiger charge is -2.23. The maximum Gasteiger partial charge on any atom is 0.317 e. The minimum Gasteiger partial charge on any atom is -0.459 e. The third-order valence-corrected chi connectivity index (χ3v) is 3.95. The summed E-state index contributed by atoms with van der Waals surface area (Å²) in [4.78, 5) is 13.9. The second kappa shape index (κ2) is 8.73. The van der Waals surface area contributed by atoms with E-state index in [0.29, 0.717) is 19.1 Å². The van der Waals surface area contributed by atoms with Crippen LogP contribution in [0.3, 0.4) is 0 Å². The SMILES string of the molecule is CC(C)COCCCNC(=O)N(C)[C@@H](C)c1cc2ccccc2o1. The summed E-state index contributed by atoms with van der Waals surface area (Å²) in [5.74, 6) is 1.32. The molecule has 24 heavy (non-hydrogen) atoms. The van der Waals surface area contributed by atoms with Crippen molar-refractivity contribution in [1.29, 1.82) is 0 Å². The number of carbonyl (C=O) groups excluding carboxylic acids is 1. The molecular formula is C19H28N2O3. The van der Waals surface area contributed by atoms with Gasteiger partial charge in [0.15, 0.2) is 0 Å². The van der Waals surface area contributed by atoms with Crippen LogP contribution in [0.4, 0.5) is 4.79 Å². The van der Waals surface area contributed by atoms with Gasteiger partial charge in [-0.2, -0.15) is 0 Å². The second-order valence-electron chi connectivity index (χ2n) is 6.53. The summed E-state index contributed by atoms with van der Waals surface area (Å²) >= 11 is 0. The molecule has 0 saturated carbocycles. The Bertz CT molecular complexity index is 618. The number of benzene rings is 1. The quantitative estimate of drug-likeness (QED) is 0.737. The molecule has 0 saturated heterocycles. The smallest absolute Gasteiger partial charge is 0.317 e. The number of rotatable bonds is 8. The number of para-hydroxylation sites is 1. The molecule has 2 rings (SSSR count). The first-order valence-corrected chi connectivity index (χ1v) is 8.56. The van der Waals surface area contributed by atoms with E-state index in [4.69, 9.17) is 9.15 Å². The lowest BCUT2D eigenvalue weighted by atomic mass is 10.2. The van der Waals surface area contributed by atoms with Crippen LogP contribution in [-0.4, -0.2) is 37.7 Å². The van der Waals surface area contributed by atoms with Crippen LogP contribution < -0.4 is 5.32 Å². The van der Waals surface area contributed by atoms with Gasteiger partial charge < -0.3 is 19.4 Å². The van der Waals surface area contributed by atoms with E-state index in [1.807, 2.05) is 37.3 Å². The Labute approximate surface area is 144 Å². The Morgan fingerprint density at radius 1 is 1.29 bits per heavy atom. The maximum atomic E-state index is 12.2. The highest BCUT2D eigenvalue weighted by atomic mass is 16.5. The topological polar surface area (TPSA) is 54.7 Å². The molecule has 0 spiro atoms. The molecule has 1 N–H and O–H groups in total. The van der Waals surface area contributed by atoms with Gasteiger partial charge in [0.2, 0.25) is 0 Å². The third-order valence-electron chi connectivity index (χ3n) is 3.95. The molecule has 0 unspecified atom stereocenters. The molecule has 0 fully saturated rings. The van der Waals surface area contributed by atoms with E-state index in [0.717, 1.165) is 29.8 Å². The predicted molar refractivity (Wildman–Crippen MR) is 96.1 cm³/mol. The van der Waals surface area contributed by atoms with Crippen LogP contribution in [0.15, 0.2) is 34.7 Å². The second-order valence-corrected chi connectivity index (χ2v) is 6.53. The minimum absolute atomic E-state index is 0.105. The average Bonchev–Trinajstić information content (AvgIpc) is 3.00. The molecule has 1 aromatic heterocycles. The molecule has 1 atom stereocenters. The Balaban J connectivity index is 1.79. The standard InChI is InChI=1S/C19H28N2O3/c1-14(2)13-23-11-7-10-20-19(22)21(4)15(3)18-12-16-8-5-6-9-17(16)24-18/h5-6,8-9,12,14-15H,7,10-11,13H2,1-4H3,(H,20,22)/t15-/m0/s1. The summed E-state index contributed by atoms with van der Waals surface area (Å²) < 4.78 is 11.3. The van der Waals surface area contributed by atoms with Gasteiger partial charge in [-0.1, -0.05) is 32.0 Å². The molecule has 0 aliphatic rings. The van der Waals surface area contributed by atoms with Crippen molar-refractivity contribution in [3.8, 4) is 0 Å². The van der Waals surface area contributed by atoms with E-state index in [9.17, 15) is 4.79 Å². The fraction of sp³-hybridized carbons (Fsp3) is 0.526. The van der Waals surface area contributed by atoms with Crippen molar-refractivity contribution in [1.82, 2.24) is 10.2 Å². The Morgan fingerprint density at radius 3 is 2.75 bits per heavy atom. The third kappa shape index (κ3) is 4.99. The highest BCUT2D eigenvalue weighted by Gasteiger charge is 2.20. The number of hydrogen-bond donors (Lipinski definition) is 1. The fourth-order valence-corrected chi connectivity index (χ4v) is 2.39. The number of urea groups is 1. The number of nitrogens with one attached hydrogen (secondary N) is 1. The number of furan rings is 1. The molecule has 1 heterocycles. The van der Waals surface area contributed by atoms with Crippen molar-refractivity contribution >= 4 is 17.0 Å². The van der Waals surface area contributed by atoms with Crippen molar-refractivity contribution < 1.29 is 13.9 Å². The van der Waals surface area contributed by atoms with Gasteiger partial charge in [-0.15, -0.1) is 0 Å². The Kier molecular flexibility index (Phi) is 6.67. The van der Waals surface area contributed by atoms with Crippen LogP contribution in [0.1, 0.15) is 39.0 Å². The normalized spacial score (nSPS) is 12.5. The molecule has 0 aliphatic heterocycles. The zero-order chi connectivity index (χ0) is 17.5. The van der Waals surface area contributed by atoms with Crippen molar-refractivity contribution in [2.24, 2.45) is 5.92 Å². The van der Waals surface area contributed by atoms with E-state index in [1.165, 1.54) is 0 Å². The van der Waals surface area contributed by atoms with Crippen LogP contribution in [0.25, 0.3) is 11.0 Å². The zero-order valence-corrected chi connectivity index (χ0v) is 15.0. The number of amides is 2. The van der Waals surface area contributed by atoms with Gasteiger partial charge in [-0.25, -0.2) is 4.79 Å². The van der Waals surface area contributed by atoms with Crippen LogP contribution in [0, 0.1) is 5.92 Å². The summed E-state index contributed by atoms with van der Waals surface area (Å²) in [6.07, 6.45) is 0.811. The zero-order valence-electron chi connectivity index (χ0n) is 15.0. The molecule has 5 heteroatoms. The molecule has 5 nitrogen and oxygen atoms in total. The minimum atomic E-state index is -0.130. The maximum absolute atomic E-state index is 12.2. The van der Waals surface area contributed by atoms with Crippen LogP contribution >= 0.6 is 0 Å². The molecule has 0 aliphatic carbocycles. The van der Waals surface area contributed by atoms with Crippen molar-refractivity contribution in [3.05, 3.63) is 36.1 Å². The first-order valence-electron chi connectivity index (χ1n) is 8.56. The largest absolute Gasteiger partial charge is 0.459 e. The predicted octanol–water partition coefficient (Wildman–Crippen LogP) is 4.20. The molecule has 0 bridgehead atoms. The van der Waals surface area contributed by atoms with Gasteiger partial charge in [0.1, 0.15) is 11.3 Å². The van der Waals surface area contributed by atoms with Crippen molar-refractivity contribution in [3.63, 3.8) is 0 Å². The van der Waals surface area contributed by atoms with Gasteiger partial charge >= 0.3 is 6.03 Å². The molecule has 0 radical (unpaired) electrons. The van der Waals surface area contributed by atoms with E-state index in [1.54, 1.807) is 11.9 Å². The summed E-state index contributed by atoms with van der Waals surface area (Å²) in [5.41, 5.74) is 0.843. The lowest BCUT2D eigenvalue weighted by molar-refractivity contribution is 0.107. The van der Waals surface area contributed by atoms with E-state index in [-0.39, 0.29) is 12.1 Å². The van der Waals surface area contributed by atoms with Crippen molar-refractivity contribution in [2.45, 2.75) is 33.2 Å². The monoisotopic (exact) mass is 332 g/mol. The first kappa shape index (κ1) is 18.3. The number of ether oxygens (including phenoxy) is 1. The van der Waals surface area contributed by atoms with Gasteiger partial charge in [-0.05, 0) is 31.4 Å². The van der Waals surface area contributed by atoms with Gasteiger partial charge in [0.25, 0.3) is 0 Å². The molecule has 1 aromatic carbocycles. The highest BCUT2D eigenvalue weighted by molar-refractivity contribution is 5.78. The fourth-order valence-electron chi connectivity index (χ4n) is 2.39. The van der Waals surface area contributed by atoms with Crippen LogP contribution in [0.2, 0.25) is 0 Å². The van der Waals surface area contributed by atoms with Gasteiger partial charge in [-0.3, -0.25) is 0 Å². The molecule has 2 amide bonds. The molecule has 132 valence electrons. The summed E-state index contributed by atoms with van der Waals surface area (Å²) in [7, 11) is 1.78. The average molecular weight is 332 g/mol. The first-order chi connectivity index (χ1) is 11.5.